The zero-order chi connectivity index (χ0) is 21.5. The Balaban J connectivity index is 1.60. The van der Waals surface area contributed by atoms with E-state index in [1.165, 1.54) is 17.0 Å². The number of hydrogen-bond acceptors (Lipinski definition) is 3. The molecule has 1 aromatic heterocycles. The number of amides is 1. The summed E-state index contributed by atoms with van der Waals surface area (Å²) in [4.78, 5) is 18.8. The fourth-order valence-corrected chi connectivity index (χ4v) is 4.14. The first-order chi connectivity index (χ1) is 15.1. The topological polar surface area (TPSA) is 42.4 Å². The van der Waals surface area contributed by atoms with Crippen LogP contribution in [0, 0.1) is 11.6 Å². The van der Waals surface area contributed by atoms with Crippen molar-refractivity contribution in [2.45, 2.75) is 13.0 Å². The fraction of sp³-hybridized carbons (Fsp3) is 0.120. The summed E-state index contributed by atoms with van der Waals surface area (Å²) in [6.07, 6.45) is 2.32. The van der Waals surface area contributed by atoms with Crippen molar-refractivity contribution in [3.63, 3.8) is 0 Å². The number of hydrogen-bond donors (Lipinski definition) is 0. The van der Waals surface area contributed by atoms with Gasteiger partial charge in [0.2, 0.25) is 5.88 Å². The highest BCUT2D eigenvalue weighted by molar-refractivity contribution is 6.14. The molecule has 0 spiro atoms. The zero-order valence-electron chi connectivity index (χ0n) is 16.7. The summed E-state index contributed by atoms with van der Waals surface area (Å²) >= 11 is 0. The second kappa shape index (κ2) is 7.47. The van der Waals surface area contributed by atoms with Gasteiger partial charge in [0.15, 0.2) is 11.6 Å². The lowest BCUT2D eigenvalue weighted by Gasteiger charge is -2.16. The maximum atomic E-state index is 14.4. The summed E-state index contributed by atoms with van der Waals surface area (Å²) in [5.74, 6) is -1.79. The van der Waals surface area contributed by atoms with Gasteiger partial charge in [0.25, 0.3) is 5.91 Å². The average Bonchev–Trinajstić information content (AvgIpc) is 3.13. The van der Waals surface area contributed by atoms with E-state index in [0.29, 0.717) is 17.9 Å². The molecule has 4 aromatic rings. The molecule has 4 nitrogen and oxygen atoms in total. The number of carbonyl (C=O) groups excluding carboxylic acids is 1. The summed E-state index contributed by atoms with van der Waals surface area (Å²) in [5, 5.41) is 1.95. The Morgan fingerprint density at radius 2 is 1.84 bits per heavy atom. The van der Waals surface area contributed by atoms with Crippen LogP contribution in [-0.2, 0) is 13.0 Å². The van der Waals surface area contributed by atoms with Crippen molar-refractivity contribution < 1.29 is 18.3 Å². The summed E-state index contributed by atoms with van der Waals surface area (Å²) < 4.78 is 33.3. The Morgan fingerprint density at radius 1 is 1.03 bits per heavy atom. The lowest BCUT2D eigenvalue weighted by atomic mass is 9.93. The highest BCUT2D eigenvalue weighted by Crippen LogP contribution is 2.37. The summed E-state index contributed by atoms with van der Waals surface area (Å²) in [5.41, 5.74) is 3.23. The summed E-state index contributed by atoms with van der Waals surface area (Å²) in [6.45, 7) is 0.194. The molecule has 31 heavy (non-hydrogen) atoms. The molecule has 154 valence electrons. The molecule has 1 aliphatic rings. The molecule has 0 N–H and O–H groups in total. The quantitative estimate of drug-likeness (QED) is 0.455. The third-order valence-electron chi connectivity index (χ3n) is 5.66. The molecular formula is C25H18F2N2O2. The number of anilines is 1. The normalized spacial score (nSPS) is 13.0. The van der Waals surface area contributed by atoms with Crippen molar-refractivity contribution in [1.29, 1.82) is 0 Å². The minimum atomic E-state index is -1.02. The highest BCUT2D eigenvalue weighted by Gasteiger charge is 2.33. The number of aromatic nitrogens is 1. The van der Waals surface area contributed by atoms with Crippen LogP contribution in [0.4, 0.5) is 14.5 Å². The molecule has 1 aliphatic heterocycles. The lowest BCUT2D eigenvalue weighted by molar-refractivity contribution is 0.0995. The third kappa shape index (κ3) is 3.20. The van der Waals surface area contributed by atoms with E-state index in [9.17, 15) is 13.6 Å². The number of pyridine rings is 1. The average molecular weight is 416 g/mol. The van der Waals surface area contributed by atoms with E-state index in [4.69, 9.17) is 4.74 Å². The molecule has 0 saturated heterocycles. The minimum absolute atomic E-state index is 0.0498. The Labute approximate surface area is 177 Å². The molecule has 1 amide bonds. The van der Waals surface area contributed by atoms with Crippen LogP contribution in [0.25, 0.3) is 10.8 Å². The molecular weight excluding hydrogens is 398 g/mol. The Kier molecular flexibility index (Phi) is 4.62. The van der Waals surface area contributed by atoms with Crippen molar-refractivity contribution in [2.75, 3.05) is 12.0 Å². The predicted octanol–water partition coefficient (Wildman–Crippen LogP) is 5.27. The lowest BCUT2D eigenvalue weighted by Crippen LogP contribution is -2.24. The minimum Gasteiger partial charge on any atom is -0.481 e. The molecule has 0 atom stereocenters. The highest BCUT2D eigenvalue weighted by atomic mass is 19.2. The van der Waals surface area contributed by atoms with Crippen molar-refractivity contribution in [3.05, 3.63) is 101 Å². The molecule has 0 fully saturated rings. The number of ether oxygens (including phenoxy) is 1. The standard InChI is InChI=1S/C25H18F2N2O2/c1-31-23-10-9-15(13-28-23)11-16-12-19-20(18-6-3-2-5-17(16)18)14-29(25(19)30)22-8-4-7-21(26)24(22)27/h2-10,12-13H,11,14H2,1H3. The molecule has 0 unspecified atom stereocenters. The maximum Gasteiger partial charge on any atom is 0.259 e. The number of benzene rings is 3. The Hall–Kier alpha value is -3.80. The monoisotopic (exact) mass is 416 g/mol. The van der Waals surface area contributed by atoms with Crippen molar-refractivity contribution >= 4 is 22.4 Å². The number of halogens is 2. The van der Waals surface area contributed by atoms with Gasteiger partial charge in [-0.3, -0.25) is 4.79 Å². The number of nitrogens with zero attached hydrogens (tertiary/aromatic N) is 2. The molecule has 5 rings (SSSR count). The molecule has 2 heterocycles. The van der Waals surface area contributed by atoms with Crippen LogP contribution in [0.15, 0.2) is 66.9 Å². The van der Waals surface area contributed by atoms with Crippen LogP contribution < -0.4 is 9.64 Å². The molecule has 0 radical (unpaired) electrons. The fourth-order valence-electron chi connectivity index (χ4n) is 4.14. The molecule has 6 heteroatoms. The first-order valence-corrected chi connectivity index (χ1v) is 9.85. The van der Waals surface area contributed by atoms with Crippen molar-refractivity contribution in [1.82, 2.24) is 4.98 Å². The van der Waals surface area contributed by atoms with E-state index in [-0.39, 0.29) is 18.1 Å². The largest absolute Gasteiger partial charge is 0.481 e. The van der Waals surface area contributed by atoms with E-state index in [0.717, 1.165) is 33.5 Å². The van der Waals surface area contributed by atoms with Crippen LogP contribution in [0.1, 0.15) is 27.0 Å². The van der Waals surface area contributed by atoms with Gasteiger partial charge in [0, 0.05) is 17.8 Å². The van der Waals surface area contributed by atoms with Crippen LogP contribution >= 0.6 is 0 Å². The van der Waals surface area contributed by atoms with Gasteiger partial charge in [0.05, 0.1) is 19.3 Å². The van der Waals surface area contributed by atoms with E-state index >= 15 is 0 Å². The number of rotatable bonds is 4. The van der Waals surface area contributed by atoms with Gasteiger partial charge < -0.3 is 9.64 Å². The van der Waals surface area contributed by atoms with E-state index < -0.39 is 11.6 Å². The number of methoxy groups -OCH3 is 1. The molecule has 0 bridgehead atoms. The van der Waals surface area contributed by atoms with Gasteiger partial charge in [0.1, 0.15) is 0 Å². The van der Waals surface area contributed by atoms with E-state index in [1.807, 2.05) is 36.4 Å². The van der Waals surface area contributed by atoms with Gasteiger partial charge in [-0.2, -0.15) is 0 Å². The van der Waals surface area contributed by atoms with Gasteiger partial charge >= 0.3 is 0 Å². The van der Waals surface area contributed by atoms with Gasteiger partial charge in [-0.1, -0.05) is 36.4 Å². The maximum absolute atomic E-state index is 14.4. The zero-order valence-corrected chi connectivity index (χ0v) is 16.7. The van der Waals surface area contributed by atoms with Gasteiger partial charge in [-0.05, 0) is 52.1 Å². The van der Waals surface area contributed by atoms with E-state index in [1.54, 1.807) is 19.4 Å². The number of fused-ring (bicyclic) bond motifs is 3. The van der Waals surface area contributed by atoms with E-state index in [2.05, 4.69) is 4.98 Å². The van der Waals surface area contributed by atoms with Crippen LogP contribution in [-0.4, -0.2) is 18.0 Å². The van der Waals surface area contributed by atoms with Crippen LogP contribution in [0.3, 0.4) is 0 Å². The third-order valence-corrected chi connectivity index (χ3v) is 5.66. The molecule has 3 aromatic carbocycles. The van der Waals surface area contributed by atoms with Gasteiger partial charge in [-0.25, -0.2) is 13.8 Å². The van der Waals surface area contributed by atoms with Crippen LogP contribution in [0.2, 0.25) is 0 Å². The second-order valence-corrected chi connectivity index (χ2v) is 7.46. The van der Waals surface area contributed by atoms with Crippen molar-refractivity contribution in [2.24, 2.45) is 0 Å². The Morgan fingerprint density at radius 3 is 2.58 bits per heavy atom. The molecule has 0 saturated carbocycles. The summed E-state index contributed by atoms with van der Waals surface area (Å²) in [7, 11) is 1.56. The first kappa shape index (κ1) is 19.2. The molecule has 0 aliphatic carbocycles. The smallest absolute Gasteiger partial charge is 0.259 e. The number of carbonyl (C=O) groups is 1. The first-order valence-electron chi connectivity index (χ1n) is 9.85. The van der Waals surface area contributed by atoms with Gasteiger partial charge in [-0.15, -0.1) is 0 Å². The Bertz CT molecular complexity index is 1320. The predicted molar refractivity (Wildman–Crippen MR) is 114 cm³/mol. The van der Waals surface area contributed by atoms with Crippen LogP contribution in [0.5, 0.6) is 5.88 Å². The summed E-state index contributed by atoms with van der Waals surface area (Å²) in [6, 6.07) is 17.3. The SMILES string of the molecule is COc1ccc(Cc2cc3c(c4ccccc24)CN(c2cccc(F)c2F)C3=O)cn1. The second-order valence-electron chi connectivity index (χ2n) is 7.46. The van der Waals surface area contributed by atoms with Crippen molar-refractivity contribution in [3.8, 4) is 5.88 Å².